The van der Waals surface area contributed by atoms with E-state index in [1.54, 1.807) is 18.2 Å². The van der Waals surface area contributed by atoms with Crippen LogP contribution in [0.5, 0.6) is 5.75 Å². The van der Waals surface area contributed by atoms with E-state index in [4.69, 9.17) is 14.2 Å². The highest BCUT2D eigenvalue weighted by molar-refractivity contribution is 5.99. The minimum absolute atomic E-state index is 0.150. The van der Waals surface area contributed by atoms with Gasteiger partial charge in [-0.2, -0.15) is 0 Å². The fourth-order valence-corrected chi connectivity index (χ4v) is 3.52. The van der Waals surface area contributed by atoms with Crippen molar-refractivity contribution in [2.75, 3.05) is 25.6 Å². The predicted octanol–water partition coefficient (Wildman–Crippen LogP) is 4.58. The number of anilines is 1. The van der Waals surface area contributed by atoms with Crippen LogP contribution in [-0.2, 0) is 14.3 Å². The zero-order valence-electron chi connectivity index (χ0n) is 17.5. The van der Waals surface area contributed by atoms with Crippen LogP contribution in [0.1, 0.15) is 69.7 Å². The summed E-state index contributed by atoms with van der Waals surface area (Å²) in [6, 6.07) is 5.05. The number of ether oxygens (including phenoxy) is 3. The van der Waals surface area contributed by atoms with Gasteiger partial charge in [0.2, 0.25) is 0 Å². The summed E-state index contributed by atoms with van der Waals surface area (Å²) in [5.41, 5.74) is 0.0293. The van der Waals surface area contributed by atoms with Gasteiger partial charge in [0.25, 0.3) is 5.91 Å². The van der Waals surface area contributed by atoms with Gasteiger partial charge in [-0.05, 0) is 43.9 Å². The van der Waals surface area contributed by atoms with Gasteiger partial charge in [0, 0.05) is 12.3 Å². The summed E-state index contributed by atoms with van der Waals surface area (Å²) in [4.78, 5) is 25.3. The summed E-state index contributed by atoms with van der Waals surface area (Å²) >= 11 is 0. The standard InChI is InChI=1S/C22H33NO5/c1-5-28-22(12-8-6-7-9-13-22)21(25)23-17-10-11-19(27-15-16(2)3)18(14-17)20(24)26-4/h10-11,14,16H,5-9,12-13,15H2,1-4H3,(H,23,25). The number of rotatable bonds is 8. The number of esters is 1. The Morgan fingerprint density at radius 2 is 1.82 bits per heavy atom. The third kappa shape index (κ3) is 5.71. The van der Waals surface area contributed by atoms with E-state index in [2.05, 4.69) is 5.32 Å². The molecule has 0 aromatic heterocycles. The van der Waals surface area contributed by atoms with E-state index in [-0.39, 0.29) is 5.91 Å². The van der Waals surface area contributed by atoms with E-state index in [1.807, 2.05) is 20.8 Å². The van der Waals surface area contributed by atoms with Crippen LogP contribution in [0.15, 0.2) is 18.2 Å². The second-order valence-corrected chi connectivity index (χ2v) is 7.70. The van der Waals surface area contributed by atoms with Gasteiger partial charge in [0.05, 0.1) is 13.7 Å². The summed E-state index contributed by atoms with van der Waals surface area (Å²) in [5.74, 6) is 0.130. The Hall–Kier alpha value is -2.08. The number of benzene rings is 1. The molecule has 0 aliphatic heterocycles. The van der Waals surface area contributed by atoms with Crippen molar-refractivity contribution < 1.29 is 23.8 Å². The van der Waals surface area contributed by atoms with E-state index in [1.165, 1.54) is 7.11 Å². The Labute approximate surface area is 167 Å². The van der Waals surface area contributed by atoms with E-state index < -0.39 is 11.6 Å². The van der Waals surface area contributed by atoms with Gasteiger partial charge in [-0.1, -0.05) is 39.5 Å². The fourth-order valence-electron chi connectivity index (χ4n) is 3.52. The number of nitrogens with one attached hydrogen (secondary N) is 1. The molecule has 1 aromatic rings. The zero-order chi connectivity index (χ0) is 20.6. The SMILES string of the molecule is CCOC1(C(=O)Nc2ccc(OCC(C)C)c(C(=O)OC)c2)CCCCCC1. The molecule has 1 aliphatic carbocycles. The van der Waals surface area contributed by atoms with Crippen molar-refractivity contribution in [3.05, 3.63) is 23.8 Å². The Balaban J connectivity index is 2.23. The first-order valence-corrected chi connectivity index (χ1v) is 10.2. The molecule has 0 bridgehead atoms. The summed E-state index contributed by atoms with van der Waals surface area (Å²) in [6.07, 6.45) is 5.62. The highest BCUT2D eigenvalue weighted by Gasteiger charge is 2.39. The third-order valence-corrected chi connectivity index (χ3v) is 4.96. The van der Waals surface area contributed by atoms with E-state index in [0.717, 1.165) is 25.7 Å². The van der Waals surface area contributed by atoms with Crippen molar-refractivity contribution in [2.24, 2.45) is 5.92 Å². The molecule has 0 saturated heterocycles. The van der Waals surface area contributed by atoms with E-state index in [9.17, 15) is 9.59 Å². The molecule has 1 aliphatic rings. The normalized spacial score (nSPS) is 16.3. The topological polar surface area (TPSA) is 73.9 Å². The Bertz CT molecular complexity index is 663. The average molecular weight is 392 g/mol. The molecule has 28 heavy (non-hydrogen) atoms. The Kier molecular flexibility index (Phi) is 8.30. The van der Waals surface area contributed by atoms with Crippen molar-refractivity contribution in [2.45, 2.75) is 64.9 Å². The van der Waals surface area contributed by atoms with Gasteiger partial charge in [-0.3, -0.25) is 4.79 Å². The highest BCUT2D eigenvalue weighted by Crippen LogP contribution is 2.32. The largest absolute Gasteiger partial charge is 0.492 e. The number of carbonyl (C=O) groups is 2. The molecule has 0 radical (unpaired) electrons. The summed E-state index contributed by atoms with van der Waals surface area (Å²) in [7, 11) is 1.33. The molecule has 2 rings (SSSR count). The lowest BCUT2D eigenvalue weighted by Crippen LogP contribution is -2.45. The molecule has 1 saturated carbocycles. The van der Waals surface area contributed by atoms with Crippen LogP contribution in [0, 0.1) is 5.92 Å². The Morgan fingerprint density at radius 1 is 1.14 bits per heavy atom. The first-order valence-electron chi connectivity index (χ1n) is 10.2. The van der Waals surface area contributed by atoms with E-state index in [0.29, 0.717) is 49.0 Å². The lowest BCUT2D eigenvalue weighted by molar-refractivity contribution is -0.143. The highest BCUT2D eigenvalue weighted by atomic mass is 16.5. The van der Waals surface area contributed by atoms with Crippen LogP contribution in [0.25, 0.3) is 0 Å². The van der Waals surface area contributed by atoms with Crippen LogP contribution < -0.4 is 10.1 Å². The van der Waals surface area contributed by atoms with Crippen molar-refractivity contribution in [1.82, 2.24) is 0 Å². The number of hydrogen-bond acceptors (Lipinski definition) is 5. The van der Waals surface area contributed by atoms with Gasteiger partial charge >= 0.3 is 5.97 Å². The molecule has 0 atom stereocenters. The average Bonchev–Trinajstić information content (AvgIpc) is 2.93. The van der Waals surface area contributed by atoms with Crippen LogP contribution in [0.2, 0.25) is 0 Å². The Morgan fingerprint density at radius 3 is 2.39 bits per heavy atom. The zero-order valence-corrected chi connectivity index (χ0v) is 17.5. The van der Waals surface area contributed by atoms with Crippen molar-refractivity contribution in [1.29, 1.82) is 0 Å². The van der Waals surface area contributed by atoms with Crippen molar-refractivity contribution in [3.8, 4) is 5.75 Å². The molecule has 1 fully saturated rings. The van der Waals surface area contributed by atoms with Crippen LogP contribution in [0.3, 0.4) is 0 Å². The minimum atomic E-state index is -0.802. The number of methoxy groups -OCH3 is 1. The van der Waals surface area contributed by atoms with E-state index >= 15 is 0 Å². The molecule has 0 spiro atoms. The monoisotopic (exact) mass is 391 g/mol. The molecule has 0 heterocycles. The molecule has 1 N–H and O–H groups in total. The van der Waals surface area contributed by atoms with Crippen LogP contribution in [-0.4, -0.2) is 37.8 Å². The number of carbonyl (C=O) groups excluding carboxylic acids is 2. The predicted molar refractivity (Wildman–Crippen MR) is 109 cm³/mol. The molecule has 156 valence electrons. The molecule has 1 aromatic carbocycles. The second kappa shape index (κ2) is 10.5. The molecular formula is C22H33NO5. The lowest BCUT2D eigenvalue weighted by atomic mass is 9.92. The van der Waals surface area contributed by atoms with Crippen LogP contribution >= 0.6 is 0 Å². The van der Waals surface area contributed by atoms with Crippen LogP contribution in [0.4, 0.5) is 5.69 Å². The second-order valence-electron chi connectivity index (χ2n) is 7.70. The van der Waals surface area contributed by atoms with Crippen molar-refractivity contribution >= 4 is 17.6 Å². The fraction of sp³-hybridized carbons (Fsp3) is 0.636. The third-order valence-electron chi connectivity index (χ3n) is 4.96. The maximum absolute atomic E-state index is 13.1. The van der Waals surface area contributed by atoms with Gasteiger partial charge < -0.3 is 19.5 Å². The number of hydrogen-bond donors (Lipinski definition) is 1. The summed E-state index contributed by atoms with van der Waals surface area (Å²) < 4.78 is 16.6. The molecule has 0 unspecified atom stereocenters. The smallest absolute Gasteiger partial charge is 0.341 e. The van der Waals surface area contributed by atoms with Crippen molar-refractivity contribution in [3.63, 3.8) is 0 Å². The molecule has 6 heteroatoms. The lowest BCUT2D eigenvalue weighted by Gasteiger charge is -2.31. The minimum Gasteiger partial charge on any atom is -0.492 e. The summed E-state index contributed by atoms with van der Waals surface area (Å²) in [5, 5.41) is 2.95. The van der Waals surface area contributed by atoms with Gasteiger partial charge in [0.1, 0.15) is 16.9 Å². The van der Waals surface area contributed by atoms with Gasteiger partial charge in [-0.15, -0.1) is 0 Å². The maximum Gasteiger partial charge on any atom is 0.341 e. The van der Waals surface area contributed by atoms with Gasteiger partial charge in [0.15, 0.2) is 0 Å². The first-order chi connectivity index (χ1) is 13.4. The maximum atomic E-state index is 13.1. The summed E-state index contributed by atoms with van der Waals surface area (Å²) in [6.45, 7) is 6.96. The first kappa shape index (κ1) is 22.2. The molecular weight excluding hydrogens is 358 g/mol. The van der Waals surface area contributed by atoms with Gasteiger partial charge in [-0.25, -0.2) is 4.79 Å². The molecule has 6 nitrogen and oxygen atoms in total. The number of amides is 1. The molecule has 1 amide bonds. The quantitative estimate of drug-likeness (QED) is 0.519.